The Labute approximate surface area is 225 Å². The first-order valence-electron chi connectivity index (χ1n) is 13.6. The average Bonchev–Trinajstić information content (AvgIpc) is 3.36. The highest BCUT2D eigenvalue weighted by Crippen LogP contribution is 2.53. The lowest BCUT2D eigenvalue weighted by Crippen LogP contribution is -2.48. The number of amides is 1. The summed E-state index contributed by atoms with van der Waals surface area (Å²) in [4.78, 5) is 26.6. The summed E-state index contributed by atoms with van der Waals surface area (Å²) in [5.74, 6) is 1.47. The van der Waals surface area contributed by atoms with Gasteiger partial charge in [-0.3, -0.25) is 0 Å². The van der Waals surface area contributed by atoms with E-state index in [1.165, 1.54) is 28.1 Å². The molecule has 0 bridgehead atoms. The molecule has 1 N–H and O–H groups in total. The van der Waals surface area contributed by atoms with Gasteiger partial charge in [-0.15, -0.1) is 0 Å². The number of piperidine rings is 1. The first-order chi connectivity index (χ1) is 17.5. The minimum absolute atomic E-state index is 0.119. The van der Waals surface area contributed by atoms with Crippen molar-refractivity contribution in [1.29, 1.82) is 0 Å². The van der Waals surface area contributed by atoms with Gasteiger partial charge in [-0.2, -0.15) is 0 Å². The van der Waals surface area contributed by atoms with Crippen LogP contribution in [-0.2, 0) is 23.1 Å². The molecular weight excluding hydrogens is 486 g/mol. The molecule has 1 aromatic carbocycles. The molecule has 2 aromatic rings. The zero-order chi connectivity index (χ0) is 26.5. The lowest BCUT2D eigenvalue weighted by Gasteiger charge is -2.41. The summed E-state index contributed by atoms with van der Waals surface area (Å²) in [6, 6.07) is 4.55. The van der Waals surface area contributed by atoms with Gasteiger partial charge in [0.2, 0.25) is 0 Å². The molecule has 0 unspecified atom stereocenters. The van der Waals surface area contributed by atoms with Gasteiger partial charge < -0.3 is 19.9 Å². The average molecular weight is 526 g/mol. The maximum absolute atomic E-state index is 12.9. The Hall–Kier alpha value is -2.38. The van der Waals surface area contributed by atoms with Crippen molar-refractivity contribution in [3.05, 3.63) is 45.9 Å². The number of nitrogens with zero attached hydrogens (tertiary/aromatic N) is 4. The number of aromatic nitrogens is 2. The lowest BCUT2D eigenvalue weighted by atomic mass is 9.72. The van der Waals surface area contributed by atoms with Crippen LogP contribution >= 0.6 is 11.6 Å². The summed E-state index contributed by atoms with van der Waals surface area (Å²) >= 11 is 6.89. The van der Waals surface area contributed by atoms with Crippen molar-refractivity contribution in [2.24, 2.45) is 0 Å². The Morgan fingerprint density at radius 2 is 1.97 bits per heavy atom. The van der Waals surface area contributed by atoms with Gasteiger partial charge in [-0.05, 0) is 75.6 Å². The van der Waals surface area contributed by atoms with Crippen LogP contribution in [-0.4, -0.2) is 52.2 Å². The molecule has 200 valence electrons. The summed E-state index contributed by atoms with van der Waals surface area (Å²) in [5, 5.41) is 4.39. The number of hydrogen-bond donors (Lipinski definition) is 1. The first-order valence-corrected chi connectivity index (χ1v) is 14.0. The second-order valence-corrected chi connectivity index (χ2v) is 12.7. The molecule has 2 aliphatic heterocycles. The quantitative estimate of drug-likeness (QED) is 0.520. The molecule has 1 saturated heterocycles. The highest BCUT2D eigenvalue weighted by atomic mass is 35.5. The second kappa shape index (κ2) is 9.73. The van der Waals surface area contributed by atoms with E-state index < -0.39 is 5.60 Å². The number of ether oxygens (including phenoxy) is 1. The largest absolute Gasteiger partial charge is 0.444 e. The van der Waals surface area contributed by atoms with E-state index in [-0.39, 0.29) is 11.5 Å². The third-order valence-corrected chi connectivity index (χ3v) is 8.44. The molecule has 3 heterocycles. The zero-order valence-electron chi connectivity index (χ0n) is 23.0. The van der Waals surface area contributed by atoms with Crippen LogP contribution in [0.4, 0.5) is 16.3 Å². The summed E-state index contributed by atoms with van der Waals surface area (Å²) in [7, 11) is 0. The molecule has 3 aliphatic rings. The zero-order valence-corrected chi connectivity index (χ0v) is 23.8. The van der Waals surface area contributed by atoms with E-state index in [1.807, 2.05) is 31.7 Å². The fraction of sp³-hybridized carbons (Fsp3) is 0.621. The Kier molecular flexibility index (Phi) is 6.90. The van der Waals surface area contributed by atoms with Crippen LogP contribution in [0.1, 0.15) is 89.1 Å². The van der Waals surface area contributed by atoms with Crippen LogP contribution in [0.5, 0.6) is 0 Å². The number of halogens is 1. The Morgan fingerprint density at radius 1 is 1.24 bits per heavy atom. The minimum atomic E-state index is -0.504. The van der Waals surface area contributed by atoms with Gasteiger partial charge in [0.05, 0.1) is 0 Å². The van der Waals surface area contributed by atoms with E-state index in [0.29, 0.717) is 31.6 Å². The van der Waals surface area contributed by atoms with Crippen LogP contribution in [0.25, 0.3) is 0 Å². The third-order valence-electron chi connectivity index (χ3n) is 8.08. The summed E-state index contributed by atoms with van der Waals surface area (Å²) in [5.41, 5.74) is 5.51. The van der Waals surface area contributed by atoms with Crippen LogP contribution < -0.4 is 10.2 Å². The molecule has 8 heteroatoms. The van der Waals surface area contributed by atoms with Gasteiger partial charge in [0, 0.05) is 59.6 Å². The topological polar surface area (TPSA) is 70.6 Å². The normalized spacial score (nSPS) is 20.5. The predicted octanol–water partition coefficient (Wildman–Crippen LogP) is 6.10. The minimum Gasteiger partial charge on any atom is -0.444 e. The molecule has 5 rings (SSSR count). The summed E-state index contributed by atoms with van der Waals surface area (Å²) in [6.07, 6.45) is 5.32. The Balaban J connectivity index is 1.55. The molecule has 0 radical (unpaired) electrons. The van der Waals surface area contributed by atoms with Crippen LogP contribution in [0.2, 0.25) is 5.02 Å². The smallest absolute Gasteiger partial charge is 0.410 e. The molecule has 1 amide bonds. The molecule has 1 aromatic heterocycles. The number of rotatable bonds is 4. The van der Waals surface area contributed by atoms with Crippen molar-refractivity contribution in [3.63, 3.8) is 0 Å². The van der Waals surface area contributed by atoms with Crippen molar-refractivity contribution in [2.75, 3.05) is 24.5 Å². The molecule has 37 heavy (non-hydrogen) atoms. The third kappa shape index (κ3) is 4.92. The number of aryl methyl sites for hydroxylation is 1. The van der Waals surface area contributed by atoms with Crippen molar-refractivity contribution in [3.8, 4) is 0 Å². The highest BCUT2D eigenvalue weighted by Gasteiger charge is 2.49. The SMILES string of the molecule is CC(C)NCc1c(Cl)ccc2c1C1(CCN(C(=O)OC(C)(C)C)CC1)CN2c1ncnc2c1[C@H](C)CC2. The van der Waals surface area contributed by atoms with Gasteiger partial charge in [0.1, 0.15) is 17.7 Å². The first kappa shape index (κ1) is 26.2. The number of carbonyl (C=O) groups excluding carboxylic acids is 1. The van der Waals surface area contributed by atoms with E-state index in [4.69, 9.17) is 21.3 Å². The van der Waals surface area contributed by atoms with Gasteiger partial charge in [0.15, 0.2) is 0 Å². The molecular formula is C29H40ClN5O2. The number of anilines is 2. The molecule has 1 fully saturated rings. The lowest BCUT2D eigenvalue weighted by molar-refractivity contribution is 0.0170. The van der Waals surface area contributed by atoms with E-state index >= 15 is 0 Å². The number of nitrogens with one attached hydrogen (secondary N) is 1. The molecule has 0 saturated carbocycles. The fourth-order valence-corrected chi connectivity index (χ4v) is 6.48. The van der Waals surface area contributed by atoms with Crippen molar-refractivity contribution >= 4 is 29.2 Å². The molecule has 7 nitrogen and oxygen atoms in total. The van der Waals surface area contributed by atoms with Crippen LogP contribution in [0.3, 0.4) is 0 Å². The summed E-state index contributed by atoms with van der Waals surface area (Å²) < 4.78 is 5.69. The van der Waals surface area contributed by atoms with Crippen molar-refractivity contribution < 1.29 is 9.53 Å². The maximum atomic E-state index is 12.9. The summed E-state index contributed by atoms with van der Waals surface area (Å²) in [6.45, 7) is 15.2. The fourth-order valence-electron chi connectivity index (χ4n) is 6.25. The standard InChI is InChI=1S/C29H40ClN5O2/c1-18(2)31-15-20-21(30)8-10-23-25(20)29(11-13-34(14-12-29)27(36)37-28(4,5)6)16-35(23)26-24-19(3)7-9-22(24)32-17-33-26/h8,10,17-19,31H,7,9,11-16H2,1-6H3/t19-/m1/s1. The monoisotopic (exact) mass is 525 g/mol. The number of likely N-dealkylation sites (tertiary alicyclic amines) is 1. The van der Waals surface area contributed by atoms with Crippen molar-refractivity contribution in [1.82, 2.24) is 20.2 Å². The van der Waals surface area contributed by atoms with Crippen molar-refractivity contribution in [2.45, 2.75) is 96.7 Å². The van der Waals surface area contributed by atoms with E-state index in [2.05, 4.69) is 42.0 Å². The van der Waals surface area contributed by atoms with E-state index in [9.17, 15) is 4.79 Å². The van der Waals surface area contributed by atoms with Crippen LogP contribution in [0, 0.1) is 0 Å². The Bertz CT molecular complexity index is 1180. The molecule has 1 spiro atoms. The predicted molar refractivity (Wildman–Crippen MR) is 148 cm³/mol. The number of benzene rings is 1. The van der Waals surface area contributed by atoms with Gasteiger partial charge in [-0.25, -0.2) is 14.8 Å². The number of fused-ring (bicyclic) bond motifs is 3. The number of carbonyl (C=O) groups is 1. The van der Waals surface area contributed by atoms with Gasteiger partial charge >= 0.3 is 6.09 Å². The molecule has 1 atom stereocenters. The highest BCUT2D eigenvalue weighted by molar-refractivity contribution is 6.31. The number of hydrogen-bond acceptors (Lipinski definition) is 6. The van der Waals surface area contributed by atoms with E-state index in [0.717, 1.165) is 43.1 Å². The van der Waals surface area contributed by atoms with Gasteiger partial charge in [0.25, 0.3) is 0 Å². The van der Waals surface area contributed by atoms with Gasteiger partial charge in [-0.1, -0.05) is 32.4 Å². The second-order valence-electron chi connectivity index (χ2n) is 12.3. The van der Waals surface area contributed by atoms with Crippen LogP contribution in [0.15, 0.2) is 18.5 Å². The maximum Gasteiger partial charge on any atom is 0.410 e. The van der Waals surface area contributed by atoms with E-state index in [1.54, 1.807) is 6.33 Å². The Morgan fingerprint density at radius 3 is 2.65 bits per heavy atom. The molecule has 1 aliphatic carbocycles.